The van der Waals surface area contributed by atoms with E-state index in [1.165, 1.54) is 6.07 Å². The number of halogens is 5. The molecule has 0 aromatic heterocycles. The fraction of sp³-hybridized carbons (Fsp3) is 0.333. The number of phenols is 1. The lowest BCUT2D eigenvalue weighted by Crippen LogP contribution is -2.18. The van der Waals surface area contributed by atoms with E-state index in [-0.39, 0.29) is 17.7 Å². The fourth-order valence-corrected chi connectivity index (χ4v) is 2.02. The summed E-state index contributed by atoms with van der Waals surface area (Å²) in [5, 5.41) is 8.36. The van der Waals surface area contributed by atoms with Crippen molar-refractivity contribution in [2.75, 3.05) is 6.61 Å². The van der Waals surface area contributed by atoms with Crippen molar-refractivity contribution in [1.29, 1.82) is 0 Å². The van der Waals surface area contributed by atoms with Crippen LogP contribution < -0.4 is 9.47 Å². The van der Waals surface area contributed by atoms with Gasteiger partial charge in [0.2, 0.25) is 5.82 Å². The van der Waals surface area contributed by atoms with Crippen molar-refractivity contribution >= 4 is 10.8 Å². The number of unbranched alkanes of at least 4 members (excludes halogenated alkanes) is 1. The van der Waals surface area contributed by atoms with Crippen molar-refractivity contribution < 1.29 is 36.5 Å². The maximum atomic E-state index is 14.0. The Morgan fingerprint density at radius 2 is 1.83 bits per heavy atom. The molecular formula is C15H13F5O3. The van der Waals surface area contributed by atoms with Crippen LogP contribution in [0.4, 0.5) is 22.0 Å². The van der Waals surface area contributed by atoms with Gasteiger partial charge in [-0.05, 0) is 23.9 Å². The number of alkyl halides is 3. The molecule has 2 aromatic carbocycles. The Kier molecular flexibility index (Phi) is 4.82. The Morgan fingerprint density at radius 3 is 2.43 bits per heavy atom. The van der Waals surface area contributed by atoms with Gasteiger partial charge in [0.25, 0.3) is 0 Å². The summed E-state index contributed by atoms with van der Waals surface area (Å²) >= 11 is 0. The van der Waals surface area contributed by atoms with Crippen LogP contribution in [0.2, 0.25) is 0 Å². The van der Waals surface area contributed by atoms with Gasteiger partial charge in [0, 0.05) is 0 Å². The molecule has 0 spiro atoms. The SMILES string of the molecule is CCCCOc1ccc2cc(O)c(F)c(F)c2c1OC(F)(F)F. The molecule has 1 N–H and O–H groups in total. The Bertz CT molecular complexity index is 713. The van der Waals surface area contributed by atoms with E-state index in [1.807, 2.05) is 6.92 Å². The van der Waals surface area contributed by atoms with Gasteiger partial charge in [-0.2, -0.15) is 4.39 Å². The summed E-state index contributed by atoms with van der Waals surface area (Å²) in [7, 11) is 0. The zero-order valence-corrected chi connectivity index (χ0v) is 12.0. The smallest absolute Gasteiger partial charge is 0.505 e. The Hall–Kier alpha value is -2.25. The second kappa shape index (κ2) is 6.47. The first-order valence-electron chi connectivity index (χ1n) is 6.76. The van der Waals surface area contributed by atoms with Crippen LogP contribution in [0, 0.1) is 11.6 Å². The molecule has 0 unspecified atom stereocenters. The molecule has 0 saturated heterocycles. The molecule has 0 radical (unpaired) electrons. The molecule has 3 nitrogen and oxygen atoms in total. The predicted molar refractivity (Wildman–Crippen MR) is 72.6 cm³/mol. The minimum atomic E-state index is -5.11. The molecule has 2 aromatic rings. The topological polar surface area (TPSA) is 38.7 Å². The number of ether oxygens (including phenoxy) is 2. The first kappa shape index (κ1) is 17.1. The summed E-state index contributed by atoms with van der Waals surface area (Å²) in [5.74, 6) is -5.63. The van der Waals surface area contributed by atoms with Crippen LogP contribution in [-0.2, 0) is 0 Å². The van der Waals surface area contributed by atoms with Crippen LogP contribution in [0.1, 0.15) is 19.8 Å². The molecule has 0 saturated carbocycles. The highest BCUT2D eigenvalue weighted by molar-refractivity contribution is 5.92. The first-order valence-corrected chi connectivity index (χ1v) is 6.76. The van der Waals surface area contributed by atoms with E-state index in [4.69, 9.17) is 4.74 Å². The van der Waals surface area contributed by atoms with Gasteiger partial charge in [0.05, 0.1) is 12.0 Å². The Labute approximate surface area is 128 Å². The highest BCUT2D eigenvalue weighted by Gasteiger charge is 2.34. The highest BCUT2D eigenvalue weighted by atomic mass is 19.4. The summed E-state index contributed by atoms with van der Waals surface area (Å²) in [5.41, 5.74) is 0. The number of rotatable bonds is 5. The molecule has 0 aliphatic heterocycles. The van der Waals surface area contributed by atoms with Crippen LogP contribution in [0.3, 0.4) is 0 Å². The molecule has 23 heavy (non-hydrogen) atoms. The number of fused-ring (bicyclic) bond motifs is 1. The largest absolute Gasteiger partial charge is 0.573 e. The number of phenolic OH excluding ortho intramolecular Hbond substituents is 1. The Morgan fingerprint density at radius 1 is 1.13 bits per heavy atom. The summed E-state index contributed by atoms with van der Waals surface area (Å²) in [4.78, 5) is 0. The minimum Gasteiger partial charge on any atom is -0.505 e. The third-order valence-electron chi connectivity index (χ3n) is 3.06. The average Bonchev–Trinajstić information content (AvgIpc) is 2.45. The molecule has 126 valence electrons. The lowest BCUT2D eigenvalue weighted by atomic mass is 10.1. The van der Waals surface area contributed by atoms with Crippen molar-refractivity contribution in [2.24, 2.45) is 0 Å². The van der Waals surface area contributed by atoms with Crippen molar-refractivity contribution in [3.8, 4) is 17.2 Å². The number of hydrogen-bond donors (Lipinski definition) is 1. The quantitative estimate of drug-likeness (QED) is 0.623. The molecule has 0 aliphatic rings. The van der Waals surface area contributed by atoms with Crippen LogP contribution in [0.5, 0.6) is 17.2 Å². The predicted octanol–water partition coefficient (Wildman–Crippen LogP) is 4.90. The molecule has 0 amide bonds. The number of aromatic hydroxyl groups is 1. The molecular weight excluding hydrogens is 323 g/mol. The third kappa shape index (κ3) is 3.75. The molecule has 0 atom stereocenters. The molecule has 0 heterocycles. The van der Waals surface area contributed by atoms with Gasteiger partial charge >= 0.3 is 6.36 Å². The zero-order chi connectivity index (χ0) is 17.2. The van der Waals surface area contributed by atoms with E-state index < -0.39 is 34.9 Å². The summed E-state index contributed by atoms with van der Waals surface area (Å²) in [6.45, 7) is 1.95. The lowest BCUT2D eigenvalue weighted by molar-refractivity contribution is -0.274. The summed E-state index contributed by atoms with van der Waals surface area (Å²) in [6, 6.07) is 3.17. The minimum absolute atomic E-state index is 0.0956. The van der Waals surface area contributed by atoms with Crippen molar-refractivity contribution in [3.63, 3.8) is 0 Å². The van der Waals surface area contributed by atoms with Crippen LogP contribution in [0.25, 0.3) is 10.8 Å². The maximum absolute atomic E-state index is 14.0. The molecule has 0 bridgehead atoms. The van der Waals surface area contributed by atoms with E-state index in [2.05, 4.69) is 4.74 Å². The second-order valence-electron chi connectivity index (χ2n) is 4.76. The van der Waals surface area contributed by atoms with E-state index in [0.29, 0.717) is 6.42 Å². The van der Waals surface area contributed by atoms with Gasteiger partial charge in [-0.1, -0.05) is 19.4 Å². The van der Waals surface area contributed by atoms with Crippen molar-refractivity contribution in [3.05, 3.63) is 29.8 Å². The van der Waals surface area contributed by atoms with Gasteiger partial charge in [0.1, 0.15) is 0 Å². The zero-order valence-electron chi connectivity index (χ0n) is 12.0. The molecule has 2 rings (SSSR count). The molecule has 8 heteroatoms. The van der Waals surface area contributed by atoms with Gasteiger partial charge in [-0.25, -0.2) is 4.39 Å². The second-order valence-corrected chi connectivity index (χ2v) is 4.76. The van der Waals surface area contributed by atoms with Crippen molar-refractivity contribution in [1.82, 2.24) is 0 Å². The van der Waals surface area contributed by atoms with Crippen molar-refractivity contribution in [2.45, 2.75) is 26.1 Å². The van der Waals surface area contributed by atoms with E-state index in [0.717, 1.165) is 18.6 Å². The highest BCUT2D eigenvalue weighted by Crippen LogP contribution is 2.42. The molecule has 0 fully saturated rings. The Balaban J connectivity index is 2.64. The van der Waals surface area contributed by atoms with E-state index >= 15 is 0 Å². The van der Waals surface area contributed by atoms with Gasteiger partial charge < -0.3 is 14.6 Å². The fourth-order valence-electron chi connectivity index (χ4n) is 2.02. The lowest BCUT2D eigenvalue weighted by Gasteiger charge is -2.17. The van der Waals surface area contributed by atoms with Crippen LogP contribution >= 0.6 is 0 Å². The van der Waals surface area contributed by atoms with Crippen LogP contribution in [0.15, 0.2) is 18.2 Å². The van der Waals surface area contributed by atoms with E-state index in [1.54, 1.807) is 0 Å². The van der Waals surface area contributed by atoms with Crippen LogP contribution in [-0.4, -0.2) is 18.1 Å². The summed E-state index contributed by atoms with van der Waals surface area (Å²) in [6.07, 6.45) is -3.81. The maximum Gasteiger partial charge on any atom is 0.573 e. The standard InChI is InChI=1S/C15H13F5O3/c1-2-3-6-22-10-5-4-8-7-9(21)12(16)13(17)11(8)14(10)23-15(18,19)20/h4-5,7,21H,2-3,6H2,1H3. The third-order valence-corrected chi connectivity index (χ3v) is 3.06. The van der Waals surface area contributed by atoms with Gasteiger partial charge in [-0.3, -0.25) is 0 Å². The normalized spacial score (nSPS) is 11.7. The summed E-state index contributed by atoms with van der Waals surface area (Å²) < 4.78 is 74.4. The average molecular weight is 336 g/mol. The molecule has 0 aliphatic carbocycles. The van der Waals surface area contributed by atoms with Gasteiger partial charge in [-0.15, -0.1) is 13.2 Å². The number of hydrogen-bond acceptors (Lipinski definition) is 3. The first-order chi connectivity index (χ1) is 10.7. The van der Waals surface area contributed by atoms with E-state index in [9.17, 15) is 27.1 Å². The van der Waals surface area contributed by atoms with Gasteiger partial charge in [0.15, 0.2) is 23.1 Å². The monoisotopic (exact) mass is 336 g/mol. The number of benzene rings is 2.